The van der Waals surface area contributed by atoms with Gasteiger partial charge in [-0.15, -0.1) is 10.2 Å². The van der Waals surface area contributed by atoms with Crippen LogP contribution in [0.4, 0.5) is 5.95 Å². The van der Waals surface area contributed by atoms with E-state index in [0.717, 1.165) is 61.9 Å². The van der Waals surface area contributed by atoms with E-state index in [9.17, 15) is 0 Å². The van der Waals surface area contributed by atoms with E-state index in [1.54, 1.807) is 11.8 Å². The first-order chi connectivity index (χ1) is 12.4. The first-order valence-corrected chi connectivity index (χ1v) is 9.98. The number of para-hydroxylation sites is 1. The number of morpholine rings is 1. The average Bonchev–Trinajstić information content (AvgIpc) is 3.12. The molecule has 1 aromatic carbocycles. The first-order valence-electron chi connectivity index (χ1n) is 9.00. The summed E-state index contributed by atoms with van der Waals surface area (Å²) in [5.74, 6) is 1.83. The predicted octanol–water partition coefficient (Wildman–Crippen LogP) is 2.77. The minimum atomic E-state index is 0.325. The summed E-state index contributed by atoms with van der Waals surface area (Å²) in [5.41, 5.74) is 1.10. The molecule has 134 valence electrons. The maximum Gasteiger partial charge on any atom is 0.232 e. The van der Waals surface area contributed by atoms with Crippen molar-refractivity contribution in [3.8, 4) is 5.69 Å². The highest BCUT2D eigenvalue weighted by atomic mass is 32.2. The fourth-order valence-electron chi connectivity index (χ4n) is 3.23. The maximum atomic E-state index is 5.86. The Balaban J connectivity index is 1.58. The van der Waals surface area contributed by atoms with Crippen LogP contribution in [0.3, 0.4) is 0 Å². The molecule has 2 aromatic rings. The van der Waals surface area contributed by atoms with Crippen LogP contribution in [-0.2, 0) is 9.47 Å². The van der Waals surface area contributed by atoms with Gasteiger partial charge in [0.2, 0.25) is 5.95 Å². The number of ether oxygens (including phenoxy) is 2. The summed E-state index contributed by atoms with van der Waals surface area (Å²) in [5, 5.41) is 9.92. The number of benzene rings is 1. The lowest BCUT2D eigenvalue weighted by atomic mass is 10.1. The Morgan fingerprint density at radius 3 is 2.64 bits per heavy atom. The second-order valence-electron chi connectivity index (χ2n) is 6.35. The van der Waals surface area contributed by atoms with Crippen LogP contribution in [-0.4, -0.2) is 59.5 Å². The molecule has 3 heterocycles. The Labute approximate surface area is 152 Å². The molecule has 6 nitrogen and oxygen atoms in total. The van der Waals surface area contributed by atoms with Gasteiger partial charge in [0.25, 0.3) is 0 Å². The third-order valence-electron chi connectivity index (χ3n) is 4.60. The highest BCUT2D eigenvalue weighted by Gasteiger charge is 2.23. The smallest absolute Gasteiger partial charge is 0.232 e. The Kier molecular flexibility index (Phi) is 5.54. The summed E-state index contributed by atoms with van der Waals surface area (Å²) in [4.78, 5) is 2.25. The van der Waals surface area contributed by atoms with Gasteiger partial charge in [0.15, 0.2) is 5.16 Å². The molecule has 0 bridgehead atoms. The van der Waals surface area contributed by atoms with Crippen molar-refractivity contribution in [2.45, 2.75) is 30.5 Å². The zero-order valence-corrected chi connectivity index (χ0v) is 15.2. The molecule has 1 aromatic heterocycles. The number of rotatable bonds is 5. The van der Waals surface area contributed by atoms with E-state index in [1.807, 2.05) is 6.07 Å². The second-order valence-corrected chi connectivity index (χ2v) is 7.34. The summed E-state index contributed by atoms with van der Waals surface area (Å²) in [7, 11) is 0. The summed E-state index contributed by atoms with van der Waals surface area (Å²) < 4.78 is 13.5. The van der Waals surface area contributed by atoms with Gasteiger partial charge in [-0.2, -0.15) is 0 Å². The van der Waals surface area contributed by atoms with Crippen LogP contribution < -0.4 is 4.90 Å². The SMILES string of the molecule is c1ccc(-n2c(SC[C@@H]3CCCCO3)nnc2N2CCOCC2)cc1. The van der Waals surface area contributed by atoms with Crippen molar-refractivity contribution >= 4 is 17.7 Å². The molecule has 7 heteroatoms. The fourth-order valence-corrected chi connectivity index (χ4v) is 4.25. The van der Waals surface area contributed by atoms with Crippen molar-refractivity contribution in [3.05, 3.63) is 30.3 Å². The summed E-state index contributed by atoms with van der Waals surface area (Å²) in [6.45, 7) is 4.05. The van der Waals surface area contributed by atoms with E-state index in [0.29, 0.717) is 6.10 Å². The van der Waals surface area contributed by atoms with Crippen LogP contribution in [0.1, 0.15) is 19.3 Å². The second kappa shape index (κ2) is 8.21. The zero-order chi connectivity index (χ0) is 16.9. The molecule has 0 radical (unpaired) electrons. The van der Waals surface area contributed by atoms with Crippen LogP contribution >= 0.6 is 11.8 Å². The van der Waals surface area contributed by atoms with Gasteiger partial charge in [-0.05, 0) is 31.4 Å². The Bertz CT molecular complexity index is 667. The zero-order valence-electron chi connectivity index (χ0n) is 14.3. The molecular weight excluding hydrogens is 336 g/mol. The van der Waals surface area contributed by atoms with E-state index < -0.39 is 0 Å². The van der Waals surface area contributed by atoms with Crippen molar-refractivity contribution in [3.63, 3.8) is 0 Å². The molecule has 2 fully saturated rings. The van der Waals surface area contributed by atoms with Gasteiger partial charge in [0.1, 0.15) is 0 Å². The van der Waals surface area contributed by atoms with E-state index >= 15 is 0 Å². The number of thioether (sulfide) groups is 1. The molecule has 0 saturated carbocycles. The molecule has 1 atom stereocenters. The molecule has 0 spiro atoms. The molecule has 0 N–H and O–H groups in total. The maximum absolute atomic E-state index is 5.86. The molecule has 25 heavy (non-hydrogen) atoms. The Hall–Kier alpha value is -1.57. The summed E-state index contributed by atoms with van der Waals surface area (Å²) >= 11 is 1.74. The standard InChI is InChI=1S/C18H24N4O2S/c1-2-6-15(7-3-1)22-17(21-9-12-23-13-10-21)19-20-18(22)25-14-16-8-4-5-11-24-16/h1-3,6-7,16H,4-5,8-14H2/t16-/m0/s1. The summed E-state index contributed by atoms with van der Waals surface area (Å²) in [6, 6.07) is 10.3. The van der Waals surface area contributed by atoms with Crippen molar-refractivity contribution in [1.82, 2.24) is 14.8 Å². The lowest BCUT2D eigenvalue weighted by Crippen LogP contribution is -2.37. The summed E-state index contributed by atoms with van der Waals surface area (Å²) in [6.07, 6.45) is 3.91. The van der Waals surface area contributed by atoms with Crippen LogP contribution in [0.15, 0.2) is 35.5 Å². The Morgan fingerprint density at radius 2 is 1.88 bits per heavy atom. The van der Waals surface area contributed by atoms with Gasteiger partial charge in [-0.3, -0.25) is 4.57 Å². The third kappa shape index (κ3) is 3.99. The molecular formula is C18H24N4O2S. The van der Waals surface area contributed by atoms with Gasteiger partial charge in [0.05, 0.1) is 25.0 Å². The number of nitrogens with zero attached hydrogens (tertiary/aromatic N) is 4. The largest absolute Gasteiger partial charge is 0.378 e. The highest BCUT2D eigenvalue weighted by Crippen LogP contribution is 2.29. The van der Waals surface area contributed by atoms with Gasteiger partial charge < -0.3 is 14.4 Å². The topological polar surface area (TPSA) is 52.4 Å². The lowest BCUT2D eigenvalue weighted by molar-refractivity contribution is 0.0315. The normalized spacial score (nSPS) is 21.4. The monoisotopic (exact) mass is 360 g/mol. The number of hydrogen-bond donors (Lipinski definition) is 0. The van der Waals surface area contributed by atoms with Crippen molar-refractivity contribution in [1.29, 1.82) is 0 Å². The van der Waals surface area contributed by atoms with Gasteiger partial charge in [-0.25, -0.2) is 0 Å². The molecule has 2 aliphatic heterocycles. The van der Waals surface area contributed by atoms with Gasteiger partial charge >= 0.3 is 0 Å². The average molecular weight is 360 g/mol. The Morgan fingerprint density at radius 1 is 1.04 bits per heavy atom. The molecule has 0 aliphatic carbocycles. The van der Waals surface area contributed by atoms with Crippen LogP contribution in [0.2, 0.25) is 0 Å². The number of hydrogen-bond acceptors (Lipinski definition) is 6. The van der Waals surface area contributed by atoms with Gasteiger partial charge in [-0.1, -0.05) is 30.0 Å². The van der Waals surface area contributed by atoms with Crippen LogP contribution in [0.25, 0.3) is 5.69 Å². The fraction of sp³-hybridized carbons (Fsp3) is 0.556. The predicted molar refractivity (Wildman–Crippen MR) is 98.7 cm³/mol. The van der Waals surface area contributed by atoms with E-state index in [4.69, 9.17) is 9.47 Å². The number of anilines is 1. The molecule has 2 saturated heterocycles. The molecule has 0 amide bonds. The van der Waals surface area contributed by atoms with Crippen LogP contribution in [0, 0.1) is 0 Å². The quantitative estimate of drug-likeness (QED) is 0.764. The molecule has 0 unspecified atom stereocenters. The van der Waals surface area contributed by atoms with E-state index in [2.05, 4.69) is 43.9 Å². The van der Waals surface area contributed by atoms with Crippen molar-refractivity contribution < 1.29 is 9.47 Å². The number of aromatic nitrogens is 3. The van der Waals surface area contributed by atoms with Crippen molar-refractivity contribution in [2.24, 2.45) is 0 Å². The minimum absolute atomic E-state index is 0.325. The first kappa shape index (κ1) is 16.9. The molecule has 2 aliphatic rings. The van der Waals surface area contributed by atoms with Crippen molar-refractivity contribution in [2.75, 3.05) is 43.6 Å². The van der Waals surface area contributed by atoms with E-state index in [-0.39, 0.29) is 0 Å². The van der Waals surface area contributed by atoms with Crippen LogP contribution in [0.5, 0.6) is 0 Å². The minimum Gasteiger partial charge on any atom is -0.378 e. The third-order valence-corrected chi connectivity index (χ3v) is 5.66. The van der Waals surface area contributed by atoms with Gasteiger partial charge in [0, 0.05) is 25.4 Å². The highest BCUT2D eigenvalue weighted by molar-refractivity contribution is 7.99. The lowest BCUT2D eigenvalue weighted by Gasteiger charge is -2.28. The van der Waals surface area contributed by atoms with E-state index in [1.165, 1.54) is 12.8 Å². The molecule has 4 rings (SSSR count).